The number of ether oxygens (including phenoxy) is 2. The summed E-state index contributed by atoms with van der Waals surface area (Å²) in [4.78, 5) is 22.3. The van der Waals surface area contributed by atoms with Gasteiger partial charge in [0.2, 0.25) is 11.8 Å². The van der Waals surface area contributed by atoms with Crippen LogP contribution in [0, 0.1) is 0 Å². The lowest BCUT2D eigenvalue weighted by molar-refractivity contribution is -0.116. The molecule has 2 heterocycles. The van der Waals surface area contributed by atoms with Crippen LogP contribution in [-0.2, 0) is 11.3 Å². The molecule has 0 fully saturated rings. The van der Waals surface area contributed by atoms with Crippen LogP contribution in [0.4, 0.5) is 10.1 Å². The lowest BCUT2D eigenvalue weighted by Crippen LogP contribution is -2.28. The summed E-state index contributed by atoms with van der Waals surface area (Å²) in [6, 6.07) is 14.3. The van der Waals surface area contributed by atoms with Crippen molar-refractivity contribution in [1.29, 1.82) is 0 Å². The van der Waals surface area contributed by atoms with Crippen molar-refractivity contribution in [2.24, 2.45) is 0 Å². The number of aromatic nitrogens is 2. The fourth-order valence-corrected chi connectivity index (χ4v) is 2.63. The van der Waals surface area contributed by atoms with E-state index >= 15 is 0 Å². The van der Waals surface area contributed by atoms with Crippen LogP contribution in [0.3, 0.4) is 0 Å². The molecule has 0 radical (unpaired) electrons. The van der Waals surface area contributed by atoms with Crippen molar-refractivity contribution in [2.75, 3.05) is 18.2 Å². The SMILES string of the molecule is CC(=O)N(Cc1cnccc1OCC[18F])c1cccnc1Oc1ccccc1. The first kappa shape index (κ1) is 19.3. The molecule has 7 heteroatoms. The summed E-state index contributed by atoms with van der Waals surface area (Å²) < 4.78 is 23.8. The summed E-state index contributed by atoms with van der Waals surface area (Å²) in [5.41, 5.74) is 1.17. The third-order valence-corrected chi connectivity index (χ3v) is 3.90. The highest BCUT2D eigenvalue weighted by atomic mass is 18.2. The van der Waals surface area contributed by atoms with Gasteiger partial charge in [0.1, 0.15) is 30.5 Å². The van der Waals surface area contributed by atoms with Gasteiger partial charge in [-0.25, -0.2) is 9.37 Å². The summed E-state index contributed by atoms with van der Waals surface area (Å²) >= 11 is 0. The second-order valence-electron chi connectivity index (χ2n) is 5.87. The Hall–Kier alpha value is -3.48. The molecule has 2 aromatic heterocycles. The van der Waals surface area contributed by atoms with Gasteiger partial charge in [0.05, 0.1) is 6.54 Å². The second-order valence-corrected chi connectivity index (χ2v) is 5.87. The van der Waals surface area contributed by atoms with Gasteiger partial charge in [-0.05, 0) is 30.3 Å². The Bertz CT molecular complexity index is 922. The second kappa shape index (κ2) is 9.45. The van der Waals surface area contributed by atoms with E-state index in [4.69, 9.17) is 9.47 Å². The first-order valence-corrected chi connectivity index (χ1v) is 8.76. The summed E-state index contributed by atoms with van der Waals surface area (Å²) in [6.07, 6.45) is 4.75. The number of benzene rings is 1. The van der Waals surface area contributed by atoms with E-state index in [-0.39, 0.29) is 19.1 Å². The number of amides is 1. The topological polar surface area (TPSA) is 64.6 Å². The first-order chi connectivity index (χ1) is 13.7. The molecule has 0 unspecified atom stereocenters. The fourth-order valence-electron chi connectivity index (χ4n) is 2.63. The van der Waals surface area contributed by atoms with Crippen LogP contribution in [0.25, 0.3) is 0 Å². The minimum atomic E-state index is -0.601. The summed E-state index contributed by atoms with van der Waals surface area (Å²) in [5.74, 6) is 1.19. The number of carbonyl (C=O) groups is 1. The molecular formula is C21H20FN3O3. The van der Waals surface area contributed by atoms with Crippen molar-refractivity contribution < 1.29 is 18.7 Å². The predicted octanol–water partition coefficient (Wildman–Crippen LogP) is 4.17. The van der Waals surface area contributed by atoms with E-state index in [0.29, 0.717) is 28.6 Å². The zero-order chi connectivity index (χ0) is 19.8. The molecule has 28 heavy (non-hydrogen) atoms. The maximum absolute atomic E-state index is 12.5. The molecule has 0 spiro atoms. The monoisotopic (exact) mass is 380 g/mol. The Kier molecular flexibility index (Phi) is 6.51. The molecule has 6 nitrogen and oxygen atoms in total. The largest absolute Gasteiger partial charge is 0.490 e. The number of pyridine rings is 2. The number of halogens is 1. The molecule has 3 aromatic rings. The van der Waals surface area contributed by atoms with Crippen molar-refractivity contribution in [1.82, 2.24) is 9.97 Å². The fraction of sp³-hybridized carbons (Fsp3) is 0.190. The molecule has 0 N–H and O–H groups in total. The van der Waals surface area contributed by atoms with E-state index in [2.05, 4.69) is 9.97 Å². The lowest BCUT2D eigenvalue weighted by atomic mass is 10.2. The van der Waals surface area contributed by atoms with Gasteiger partial charge in [0.15, 0.2) is 0 Å². The molecule has 1 amide bonds. The number of nitrogens with zero attached hydrogens (tertiary/aromatic N) is 3. The number of hydrogen-bond donors (Lipinski definition) is 0. The Morgan fingerprint density at radius 3 is 2.68 bits per heavy atom. The van der Waals surface area contributed by atoms with E-state index in [1.165, 1.54) is 11.8 Å². The van der Waals surface area contributed by atoms with Crippen LogP contribution in [0.15, 0.2) is 67.1 Å². The smallest absolute Gasteiger partial charge is 0.243 e. The van der Waals surface area contributed by atoms with Gasteiger partial charge < -0.3 is 14.4 Å². The molecule has 0 saturated carbocycles. The van der Waals surface area contributed by atoms with E-state index in [1.54, 1.807) is 48.9 Å². The number of carbonyl (C=O) groups excluding carboxylic acids is 1. The molecule has 0 atom stereocenters. The Balaban J connectivity index is 1.91. The normalized spacial score (nSPS) is 10.4. The van der Waals surface area contributed by atoms with Crippen molar-refractivity contribution in [3.05, 3.63) is 72.7 Å². The molecule has 144 valence electrons. The Morgan fingerprint density at radius 1 is 1.11 bits per heavy atom. The number of alkyl halides is 1. The van der Waals surface area contributed by atoms with E-state index in [9.17, 15) is 9.18 Å². The average Bonchev–Trinajstić information content (AvgIpc) is 2.72. The molecular weight excluding hydrogens is 360 g/mol. The molecule has 0 aliphatic rings. The highest BCUT2D eigenvalue weighted by molar-refractivity contribution is 5.92. The minimum absolute atomic E-state index is 0.0631. The molecule has 3 rings (SSSR count). The standard InChI is InChI=1S/C21H20FN3O3/c1-16(26)25(15-17-14-23-12-9-20(17)27-13-10-22)19-8-5-11-24-21(19)28-18-6-3-2-4-7-18/h2-9,11-12,14H,10,13,15H2,1H3/i22-1. The van der Waals surface area contributed by atoms with Gasteiger partial charge in [0.25, 0.3) is 0 Å². The van der Waals surface area contributed by atoms with E-state index in [1.807, 2.05) is 18.2 Å². The van der Waals surface area contributed by atoms with Gasteiger partial charge in [-0.15, -0.1) is 0 Å². The lowest BCUT2D eigenvalue weighted by Gasteiger charge is -2.24. The zero-order valence-corrected chi connectivity index (χ0v) is 15.4. The molecule has 0 saturated heterocycles. The van der Waals surface area contributed by atoms with Gasteiger partial charge in [0, 0.05) is 31.1 Å². The zero-order valence-electron chi connectivity index (χ0n) is 15.4. The number of hydrogen-bond acceptors (Lipinski definition) is 5. The van der Waals surface area contributed by atoms with Gasteiger partial charge >= 0.3 is 0 Å². The van der Waals surface area contributed by atoms with Crippen molar-refractivity contribution in [3.8, 4) is 17.4 Å². The Morgan fingerprint density at radius 2 is 1.93 bits per heavy atom. The minimum Gasteiger partial charge on any atom is -0.490 e. The maximum atomic E-state index is 12.5. The number of rotatable bonds is 8. The highest BCUT2D eigenvalue weighted by Gasteiger charge is 2.20. The van der Waals surface area contributed by atoms with Crippen LogP contribution in [-0.4, -0.2) is 29.2 Å². The predicted molar refractivity (Wildman–Crippen MR) is 103 cm³/mol. The van der Waals surface area contributed by atoms with Crippen molar-refractivity contribution >= 4 is 11.6 Å². The summed E-state index contributed by atoms with van der Waals surface area (Å²) in [5, 5.41) is 0. The first-order valence-electron chi connectivity index (χ1n) is 8.76. The van der Waals surface area contributed by atoms with Crippen LogP contribution in [0.2, 0.25) is 0 Å². The molecule has 0 bridgehead atoms. The van der Waals surface area contributed by atoms with Crippen molar-refractivity contribution in [3.63, 3.8) is 0 Å². The molecule has 0 aliphatic heterocycles. The summed E-state index contributed by atoms with van der Waals surface area (Å²) in [7, 11) is 0. The molecule has 0 aliphatic carbocycles. The average molecular weight is 380 g/mol. The van der Waals surface area contributed by atoms with E-state index < -0.39 is 6.67 Å². The van der Waals surface area contributed by atoms with E-state index in [0.717, 1.165) is 0 Å². The number of para-hydroxylation sites is 1. The van der Waals surface area contributed by atoms with Crippen LogP contribution in [0.1, 0.15) is 12.5 Å². The van der Waals surface area contributed by atoms with Crippen LogP contribution >= 0.6 is 0 Å². The van der Waals surface area contributed by atoms with Crippen LogP contribution in [0.5, 0.6) is 17.4 Å². The quantitative estimate of drug-likeness (QED) is 0.587. The summed E-state index contributed by atoms with van der Waals surface area (Å²) in [6.45, 7) is 0.974. The highest BCUT2D eigenvalue weighted by Crippen LogP contribution is 2.32. The third kappa shape index (κ3) is 4.82. The maximum Gasteiger partial charge on any atom is 0.243 e. The number of anilines is 1. The third-order valence-electron chi connectivity index (χ3n) is 3.90. The Labute approximate surface area is 162 Å². The molecule has 1 aromatic carbocycles. The van der Waals surface area contributed by atoms with Crippen molar-refractivity contribution in [2.45, 2.75) is 13.5 Å². The van der Waals surface area contributed by atoms with Gasteiger partial charge in [-0.2, -0.15) is 0 Å². The van der Waals surface area contributed by atoms with Gasteiger partial charge in [-0.3, -0.25) is 9.78 Å². The van der Waals surface area contributed by atoms with Gasteiger partial charge in [-0.1, -0.05) is 18.2 Å². The van der Waals surface area contributed by atoms with Crippen LogP contribution < -0.4 is 14.4 Å².